The van der Waals surface area contributed by atoms with Crippen LogP contribution in [0.4, 0.5) is 5.69 Å². The van der Waals surface area contributed by atoms with Crippen LogP contribution in [0.15, 0.2) is 139 Å². The molecule has 0 aliphatic carbocycles. The maximum absolute atomic E-state index is 11.2. The zero-order valence-corrected chi connectivity index (χ0v) is 30.2. The molecule has 248 valence electrons. The fourth-order valence-corrected chi connectivity index (χ4v) is 5.39. The first-order valence-corrected chi connectivity index (χ1v) is 16.7. The van der Waals surface area contributed by atoms with Gasteiger partial charge in [-0.25, -0.2) is 14.3 Å². The molecule has 7 aromatic rings. The van der Waals surface area contributed by atoms with Crippen LogP contribution in [0.25, 0.3) is 38.1 Å². The molecular weight excluding hydrogens is 866 g/mol. The van der Waals surface area contributed by atoms with Gasteiger partial charge in [0.25, 0.3) is 0 Å². The Bertz CT molecular complexity index is 2470. The van der Waals surface area contributed by atoms with E-state index in [2.05, 4.69) is 71.4 Å². The summed E-state index contributed by atoms with van der Waals surface area (Å²) < 4.78 is 24.9. The quantitative estimate of drug-likeness (QED) is 0.0385. The normalized spacial score (nSPS) is 10.1. The largest absolute Gasteiger partial charge is 0.487 e. The van der Waals surface area contributed by atoms with Crippen LogP contribution >= 0.6 is 45.2 Å². The number of rotatable bonds is 7. The van der Waals surface area contributed by atoms with E-state index in [1.165, 1.54) is 12.1 Å². The van der Waals surface area contributed by atoms with Gasteiger partial charge in [-0.15, -0.1) is 11.5 Å². The lowest BCUT2D eigenvalue weighted by molar-refractivity contribution is 0.301. The molecule has 12 nitrogen and oxygen atoms in total. The molecule has 0 aliphatic heterocycles. The molecule has 50 heavy (non-hydrogen) atoms. The molecule has 0 fully saturated rings. The average Bonchev–Trinajstić information content (AvgIpc) is 3.60. The van der Waals surface area contributed by atoms with Crippen molar-refractivity contribution < 1.29 is 18.3 Å². The number of halogens is 2. The van der Waals surface area contributed by atoms with E-state index in [1.54, 1.807) is 53.2 Å². The Morgan fingerprint density at radius 1 is 0.800 bits per heavy atom. The summed E-state index contributed by atoms with van der Waals surface area (Å²) in [4.78, 5) is 24.8. The molecular formula is C36H24I2N6O6. The van der Waals surface area contributed by atoms with Gasteiger partial charge in [-0.05, 0) is 117 Å². The molecule has 7 rings (SSSR count). The van der Waals surface area contributed by atoms with Crippen LogP contribution in [-0.4, -0.2) is 21.6 Å². The predicted octanol–water partition coefficient (Wildman–Crippen LogP) is 8.60. The maximum atomic E-state index is 11.2. The van der Waals surface area contributed by atoms with E-state index < -0.39 is 0 Å². The second-order valence-corrected chi connectivity index (χ2v) is 12.3. The SMILES string of the molecule is C#CCOc1ccc2oc(=O)ccc2c1.O=c1ccc2cc(OCc3cn(-c4ccccc4I)nn3)ccc2o1.[N-]=[N+]=Nc1ccccc1I. The van der Waals surface area contributed by atoms with Crippen LogP contribution in [0.5, 0.6) is 11.5 Å². The van der Waals surface area contributed by atoms with Crippen LogP contribution in [0.1, 0.15) is 5.69 Å². The van der Waals surface area contributed by atoms with Gasteiger partial charge in [0.05, 0.1) is 17.6 Å². The summed E-state index contributed by atoms with van der Waals surface area (Å²) in [6.45, 7) is 0.522. The Kier molecular flexibility index (Phi) is 12.6. The molecule has 0 atom stereocenters. The average molecular weight is 890 g/mol. The van der Waals surface area contributed by atoms with E-state index in [-0.39, 0.29) is 17.9 Å². The molecule has 0 bridgehead atoms. The summed E-state index contributed by atoms with van der Waals surface area (Å²) in [5.41, 5.74) is 10.8. The number of aromatic nitrogens is 3. The number of para-hydroxylation sites is 1. The first-order valence-electron chi connectivity index (χ1n) is 14.6. The van der Waals surface area contributed by atoms with Gasteiger partial charge >= 0.3 is 11.3 Å². The molecule has 0 aliphatic rings. The number of hydrogen-bond donors (Lipinski definition) is 0. The van der Waals surface area contributed by atoms with Crippen molar-refractivity contribution in [3.63, 3.8) is 0 Å². The van der Waals surface area contributed by atoms with Gasteiger partial charge < -0.3 is 18.3 Å². The van der Waals surface area contributed by atoms with E-state index in [0.29, 0.717) is 35.0 Å². The number of nitrogens with zero attached hydrogens (tertiary/aromatic N) is 6. The van der Waals surface area contributed by atoms with Crippen LogP contribution < -0.4 is 20.7 Å². The molecule has 4 aromatic carbocycles. The topological polar surface area (TPSA) is 158 Å². The molecule has 0 N–H and O–H groups in total. The number of terminal acetylenes is 1. The van der Waals surface area contributed by atoms with Crippen molar-refractivity contribution in [3.05, 3.63) is 160 Å². The summed E-state index contributed by atoms with van der Waals surface area (Å²) in [6, 6.07) is 32.0. The molecule has 0 radical (unpaired) electrons. The molecule has 0 saturated heterocycles. The predicted molar refractivity (Wildman–Crippen MR) is 206 cm³/mol. The van der Waals surface area contributed by atoms with Gasteiger partial charge in [-0.3, -0.25) is 0 Å². The third-order valence-corrected chi connectivity index (χ3v) is 8.36. The van der Waals surface area contributed by atoms with Crippen molar-refractivity contribution in [1.82, 2.24) is 15.0 Å². The number of azide groups is 1. The minimum Gasteiger partial charge on any atom is -0.487 e. The first-order chi connectivity index (χ1) is 24.3. The van der Waals surface area contributed by atoms with Gasteiger partial charge in [0.1, 0.15) is 41.6 Å². The number of ether oxygens (including phenoxy) is 2. The van der Waals surface area contributed by atoms with Crippen molar-refractivity contribution in [1.29, 1.82) is 0 Å². The zero-order chi connectivity index (χ0) is 35.3. The minimum atomic E-state index is -0.367. The van der Waals surface area contributed by atoms with Gasteiger partial charge in [0, 0.05) is 35.0 Å². The number of hydrogen-bond acceptors (Lipinski definition) is 9. The standard InChI is InChI=1S/C18H12IN3O3.C12H8O3.C6H4IN3/c19-15-3-1-2-4-16(15)22-10-13(20-21-22)11-24-14-6-7-17-12(9-14)5-8-18(23)25-17;1-2-7-14-10-4-5-11-9(8-10)3-6-12(13)15-11;7-5-3-1-2-4-6(5)9-10-8/h1-10H,11H2;1,3-6,8H,7H2;1-4H. The number of fused-ring (bicyclic) bond motifs is 2. The Morgan fingerprint density at radius 3 is 2.00 bits per heavy atom. The lowest BCUT2D eigenvalue weighted by Crippen LogP contribution is -1.98. The van der Waals surface area contributed by atoms with E-state index >= 15 is 0 Å². The van der Waals surface area contributed by atoms with E-state index in [9.17, 15) is 9.59 Å². The van der Waals surface area contributed by atoms with E-state index in [4.69, 9.17) is 30.3 Å². The van der Waals surface area contributed by atoms with Gasteiger partial charge in [0.2, 0.25) is 0 Å². The molecule has 0 spiro atoms. The molecule has 14 heteroatoms. The third kappa shape index (κ3) is 9.95. The van der Waals surface area contributed by atoms with Gasteiger partial charge in [-0.1, -0.05) is 46.6 Å². The molecule has 0 saturated carbocycles. The molecule has 0 amide bonds. The second-order valence-electron chi connectivity index (χ2n) is 9.94. The van der Waals surface area contributed by atoms with Crippen molar-refractivity contribution in [2.75, 3.05) is 6.61 Å². The van der Waals surface area contributed by atoms with Crippen molar-refractivity contribution in [2.24, 2.45) is 5.11 Å². The highest BCUT2D eigenvalue weighted by Crippen LogP contribution is 2.22. The Balaban J connectivity index is 0.000000164. The van der Waals surface area contributed by atoms with Crippen molar-refractivity contribution in [3.8, 4) is 29.5 Å². The molecule has 3 aromatic heterocycles. The monoisotopic (exact) mass is 890 g/mol. The fraction of sp³-hybridized carbons (Fsp3) is 0.0556. The van der Waals surface area contributed by atoms with Crippen LogP contribution in [0.2, 0.25) is 0 Å². The van der Waals surface area contributed by atoms with E-state index in [0.717, 1.165) is 29.3 Å². The van der Waals surface area contributed by atoms with Crippen molar-refractivity contribution >= 4 is 72.8 Å². The highest BCUT2D eigenvalue weighted by molar-refractivity contribution is 14.1. The van der Waals surface area contributed by atoms with Gasteiger partial charge in [0.15, 0.2) is 0 Å². The first kappa shape index (κ1) is 35.7. The van der Waals surface area contributed by atoms with Gasteiger partial charge in [-0.2, -0.15) is 0 Å². The van der Waals surface area contributed by atoms with Crippen LogP contribution in [-0.2, 0) is 6.61 Å². The Hall–Kier alpha value is -5.63. The summed E-state index contributed by atoms with van der Waals surface area (Å²) >= 11 is 4.38. The number of benzene rings is 4. The van der Waals surface area contributed by atoms with Crippen LogP contribution in [0, 0.1) is 19.5 Å². The third-order valence-electron chi connectivity index (χ3n) is 6.54. The highest BCUT2D eigenvalue weighted by atomic mass is 127. The molecule has 0 unspecified atom stereocenters. The fourth-order valence-electron chi connectivity index (χ4n) is 4.26. The van der Waals surface area contributed by atoms with E-state index in [1.807, 2.05) is 54.7 Å². The minimum absolute atomic E-state index is 0.224. The highest BCUT2D eigenvalue weighted by Gasteiger charge is 2.07. The maximum Gasteiger partial charge on any atom is 0.336 e. The van der Waals surface area contributed by atoms with Crippen LogP contribution in [0.3, 0.4) is 0 Å². The summed E-state index contributed by atoms with van der Waals surface area (Å²) in [5, 5.41) is 13.4. The molecule has 3 heterocycles. The van der Waals surface area contributed by atoms with Crippen molar-refractivity contribution in [2.45, 2.75) is 6.61 Å². The lowest BCUT2D eigenvalue weighted by atomic mass is 10.2. The zero-order valence-electron chi connectivity index (χ0n) is 25.8. The second kappa shape index (κ2) is 17.7. The lowest BCUT2D eigenvalue weighted by Gasteiger charge is -2.05. The smallest absolute Gasteiger partial charge is 0.336 e. The Labute approximate surface area is 311 Å². The summed E-state index contributed by atoms with van der Waals surface area (Å²) in [5.74, 6) is 3.71. The Morgan fingerprint density at radius 2 is 1.40 bits per heavy atom. The summed E-state index contributed by atoms with van der Waals surface area (Å²) in [7, 11) is 0. The summed E-state index contributed by atoms with van der Waals surface area (Å²) in [6.07, 6.45) is 6.92.